The van der Waals surface area contributed by atoms with E-state index in [0.29, 0.717) is 41.2 Å². The van der Waals surface area contributed by atoms with Crippen molar-refractivity contribution >= 4 is 11.6 Å². The second-order valence-electron chi connectivity index (χ2n) is 5.52. The van der Waals surface area contributed by atoms with Crippen molar-refractivity contribution in [2.45, 2.75) is 19.8 Å². The third-order valence-electron chi connectivity index (χ3n) is 3.50. The molecule has 0 amide bonds. The number of methoxy groups -OCH3 is 1. The van der Waals surface area contributed by atoms with Gasteiger partial charge in [0.25, 0.3) is 0 Å². The van der Waals surface area contributed by atoms with E-state index in [2.05, 4.69) is 26.0 Å². The summed E-state index contributed by atoms with van der Waals surface area (Å²) in [7, 11) is 1.51. The van der Waals surface area contributed by atoms with E-state index in [9.17, 15) is 0 Å². The molecular weight excluding hydrogens is 326 g/mol. The Bertz CT molecular complexity index is 721. The fraction of sp³-hybridized carbons (Fsp3) is 0.316. The Labute approximate surface area is 147 Å². The number of rotatable bonds is 7. The van der Waals surface area contributed by atoms with Gasteiger partial charge in [0.1, 0.15) is 19.0 Å². The highest BCUT2D eigenvalue weighted by atomic mass is 35.5. The Balaban J connectivity index is 1.91. The summed E-state index contributed by atoms with van der Waals surface area (Å²) in [6.07, 6.45) is 0. The lowest BCUT2D eigenvalue weighted by Crippen LogP contribution is -2.10. The summed E-state index contributed by atoms with van der Waals surface area (Å²) < 4.78 is 16.5. The molecule has 0 aromatic heterocycles. The molecule has 0 aliphatic rings. The maximum absolute atomic E-state index is 8.94. The van der Waals surface area contributed by atoms with Crippen LogP contribution in [-0.4, -0.2) is 20.3 Å². The number of benzene rings is 2. The molecule has 0 N–H and O–H groups in total. The van der Waals surface area contributed by atoms with Gasteiger partial charge in [0.05, 0.1) is 23.8 Å². The molecule has 0 aliphatic carbocycles. The Kier molecular flexibility index (Phi) is 6.34. The summed E-state index contributed by atoms with van der Waals surface area (Å²) in [6.45, 7) is 4.99. The molecule has 0 atom stereocenters. The summed E-state index contributed by atoms with van der Waals surface area (Å²) >= 11 is 6.14. The zero-order valence-electron chi connectivity index (χ0n) is 14.0. The van der Waals surface area contributed by atoms with Crippen molar-refractivity contribution in [3.63, 3.8) is 0 Å². The predicted octanol–water partition coefficient (Wildman–Crippen LogP) is 4.80. The van der Waals surface area contributed by atoms with Crippen molar-refractivity contribution in [1.29, 1.82) is 5.26 Å². The summed E-state index contributed by atoms with van der Waals surface area (Å²) in [5, 5.41) is 9.28. The summed E-state index contributed by atoms with van der Waals surface area (Å²) in [4.78, 5) is 0. The van der Waals surface area contributed by atoms with E-state index < -0.39 is 0 Å². The van der Waals surface area contributed by atoms with Crippen molar-refractivity contribution in [3.8, 4) is 23.3 Å². The van der Waals surface area contributed by atoms with Gasteiger partial charge in [0.2, 0.25) is 0 Å². The number of nitriles is 1. The van der Waals surface area contributed by atoms with Crippen LogP contribution in [0.4, 0.5) is 0 Å². The molecule has 0 saturated carbocycles. The highest BCUT2D eigenvalue weighted by Gasteiger charge is 2.12. The van der Waals surface area contributed by atoms with Crippen LogP contribution in [0.1, 0.15) is 30.9 Å². The fourth-order valence-corrected chi connectivity index (χ4v) is 2.44. The van der Waals surface area contributed by atoms with Gasteiger partial charge in [-0.05, 0) is 29.7 Å². The molecule has 0 bridgehead atoms. The molecule has 0 aliphatic heterocycles. The molecule has 2 aromatic rings. The van der Waals surface area contributed by atoms with Crippen LogP contribution in [0, 0.1) is 11.3 Å². The van der Waals surface area contributed by atoms with Gasteiger partial charge in [-0.1, -0.05) is 37.6 Å². The average molecular weight is 346 g/mol. The van der Waals surface area contributed by atoms with Gasteiger partial charge >= 0.3 is 0 Å². The van der Waals surface area contributed by atoms with Crippen LogP contribution >= 0.6 is 11.6 Å². The van der Waals surface area contributed by atoms with E-state index in [1.807, 2.05) is 18.2 Å². The molecule has 0 saturated heterocycles. The lowest BCUT2D eigenvalue weighted by Gasteiger charge is -2.13. The molecule has 0 heterocycles. The minimum Gasteiger partial charge on any atom is -0.493 e. The molecule has 126 valence electrons. The third-order valence-corrected chi connectivity index (χ3v) is 3.78. The Morgan fingerprint density at radius 1 is 1.08 bits per heavy atom. The van der Waals surface area contributed by atoms with Gasteiger partial charge in [-0.15, -0.1) is 0 Å². The van der Waals surface area contributed by atoms with Crippen LogP contribution in [-0.2, 0) is 0 Å². The van der Waals surface area contributed by atoms with Gasteiger partial charge in [-0.25, -0.2) is 0 Å². The summed E-state index contributed by atoms with van der Waals surface area (Å²) in [5.74, 6) is 2.13. The molecular formula is C19H20ClNO3. The number of hydrogen-bond acceptors (Lipinski definition) is 4. The standard InChI is InChI=1S/C19H20ClNO3/c1-13(2)15-4-6-16(7-5-15)23-8-9-24-19-17(20)10-14(12-21)11-18(19)22-3/h4-7,10-11,13H,8-9H2,1-3H3. The number of halogens is 1. The van der Waals surface area contributed by atoms with Crippen LogP contribution in [0.2, 0.25) is 5.02 Å². The molecule has 5 heteroatoms. The largest absolute Gasteiger partial charge is 0.493 e. The average Bonchev–Trinajstić information content (AvgIpc) is 2.59. The van der Waals surface area contributed by atoms with E-state index in [4.69, 9.17) is 31.1 Å². The van der Waals surface area contributed by atoms with E-state index >= 15 is 0 Å². The second kappa shape index (κ2) is 8.47. The van der Waals surface area contributed by atoms with Crippen molar-refractivity contribution in [1.82, 2.24) is 0 Å². The molecule has 2 rings (SSSR count). The van der Waals surface area contributed by atoms with E-state index in [1.54, 1.807) is 12.1 Å². The Morgan fingerprint density at radius 2 is 1.75 bits per heavy atom. The molecule has 0 radical (unpaired) electrons. The van der Waals surface area contributed by atoms with Crippen molar-refractivity contribution in [2.24, 2.45) is 0 Å². The minimum atomic E-state index is 0.313. The van der Waals surface area contributed by atoms with E-state index in [1.165, 1.54) is 12.7 Å². The van der Waals surface area contributed by atoms with Crippen LogP contribution < -0.4 is 14.2 Å². The Morgan fingerprint density at radius 3 is 2.33 bits per heavy atom. The van der Waals surface area contributed by atoms with Crippen LogP contribution in [0.25, 0.3) is 0 Å². The molecule has 0 spiro atoms. The van der Waals surface area contributed by atoms with Crippen molar-refractivity contribution < 1.29 is 14.2 Å². The maximum atomic E-state index is 8.94. The number of hydrogen-bond donors (Lipinski definition) is 0. The third kappa shape index (κ3) is 4.56. The van der Waals surface area contributed by atoms with Crippen LogP contribution in [0.3, 0.4) is 0 Å². The molecule has 0 fully saturated rings. The highest BCUT2D eigenvalue weighted by Crippen LogP contribution is 2.36. The van der Waals surface area contributed by atoms with Gasteiger partial charge in [-0.2, -0.15) is 5.26 Å². The first-order valence-electron chi connectivity index (χ1n) is 7.68. The normalized spacial score (nSPS) is 10.3. The lowest BCUT2D eigenvalue weighted by molar-refractivity contribution is 0.211. The first kappa shape index (κ1) is 18.0. The van der Waals surface area contributed by atoms with E-state index in [0.717, 1.165) is 5.75 Å². The zero-order chi connectivity index (χ0) is 17.5. The van der Waals surface area contributed by atoms with Gasteiger partial charge in [-0.3, -0.25) is 0 Å². The first-order valence-corrected chi connectivity index (χ1v) is 8.06. The topological polar surface area (TPSA) is 51.5 Å². The highest BCUT2D eigenvalue weighted by molar-refractivity contribution is 6.32. The lowest BCUT2D eigenvalue weighted by atomic mass is 10.0. The molecule has 2 aromatic carbocycles. The van der Waals surface area contributed by atoms with Crippen molar-refractivity contribution in [3.05, 3.63) is 52.5 Å². The molecule has 24 heavy (non-hydrogen) atoms. The van der Waals surface area contributed by atoms with Crippen LogP contribution in [0.15, 0.2) is 36.4 Å². The maximum Gasteiger partial charge on any atom is 0.179 e. The first-order chi connectivity index (χ1) is 11.5. The van der Waals surface area contributed by atoms with Crippen molar-refractivity contribution in [2.75, 3.05) is 20.3 Å². The zero-order valence-corrected chi connectivity index (χ0v) is 14.8. The fourth-order valence-electron chi connectivity index (χ4n) is 2.18. The summed E-state index contributed by atoms with van der Waals surface area (Å²) in [5.41, 5.74) is 1.69. The monoisotopic (exact) mass is 345 g/mol. The summed E-state index contributed by atoms with van der Waals surface area (Å²) in [6, 6.07) is 13.2. The van der Waals surface area contributed by atoms with Gasteiger partial charge in [0, 0.05) is 6.07 Å². The smallest absolute Gasteiger partial charge is 0.179 e. The van der Waals surface area contributed by atoms with Gasteiger partial charge < -0.3 is 14.2 Å². The Hall–Kier alpha value is -2.38. The quantitative estimate of drug-likeness (QED) is 0.676. The number of nitrogens with zero attached hydrogens (tertiary/aromatic N) is 1. The van der Waals surface area contributed by atoms with Crippen LogP contribution in [0.5, 0.6) is 17.2 Å². The molecule has 0 unspecified atom stereocenters. The molecule has 4 nitrogen and oxygen atoms in total. The predicted molar refractivity (Wildman–Crippen MR) is 94.2 cm³/mol. The minimum absolute atomic E-state index is 0.313. The second-order valence-corrected chi connectivity index (χ2v) is 5.93. The van der Waals surface area contributed by atoms with Gasteiger partial charge in [0.15, 0.2) is 11.5 Å². The van der Waals surface area contributed by atoms with E-state index in [-0.39, 0.29) is 0 Å². The SMILES string of the molecule is COc1cc(C#N)cc(Cl)c1OCCOc1ccc(C(C)C)cc1. The number of ether oxygens (including phenoxy) is 3.